The summed E-state index contributed by atoms with van der Waals surface area (Å²) in [5.74, 6) is 1.67. The van der Waals surface area contributed by atoms with Crippen LogP contribution in [0.4, 0.5) is 0 Å². The Kier molecular flexibility index (Phi) is 6.10. The molecule has 0 unspecified atom stereocenters. The summed E-state index contributed by atoms with van der Waals surface area (Å²) in [6.45, 7) is 0. The fraction of sp³-hybridized carbons (Fsp3) is 0. The number of para-hydroxylation sites is 2. The van der Waals surface area contributed by atoms with Gasteiger partial charge in [0.25, 0.3) is 0 Å². The summed E-state index contributed by atoms with van der Waals surface area (Å²) in [5, 5.41) is 4.51. The summed E-state index contributed by atoms with van der Waals surface area (Å²) in [6, 6.07) is 63.3. The second kappa shape index (κ2) is 10.9. The van der Waals surface area contributed by atoms with Crippen LogP contribution in [0.25, 0.3) is 72.2 Å². The molecule has 4 heterocycles. The Bertz CT molecular complexity index is 2930. The maximum atomic E-state index is 6.44. The molecule has 4 nitrogen and oxygen atoms in total. The number of benzene rings is 7. The van der Waals surface area contributed by atoms with E-state index >= 15 is 0 Å². The third-order valence-electron chi connectivity index (χ3n) is 10.7. The van der Waals surface area contributed by atoms with Gasteiger partial charge < -0.3 is 0 Å². The van der Waals surface area contributed by atoms with Gasteiger partial charge in [-0.25, -0.2) is 0 Å². The molecule has 0 fully saturated rings. The van der Waals surface area contributed by atoms with Crippen molar-refractivity contribution < 1.29 is 4.42 Å². The van der Waals surface area contributed by atoms with Gasteiger partial charge in [0.1, 0.15) is 0 Å². The van der Waals surface area contributed by atoms with E-state index in [4.69, 9.17) is 14.4 Å². The summed E-state index contributed by atoms with van der Waals surface area (Å²) in [5.41, 5.74) is 7.21. The van der Waals surface area contributed by atoms with Gasteiger partial charge in [-0.2, -0.15) is 0 Å². The Labute approximate surface area is 296 Å². The zero-order chi connectivity index (χ0) is 33.5. The van der Waals surface area contributed by atoms with Crippen molar-refractivity contribution in [2.75, 3.05) is 0 Å². The number of hydrogen-bond donors (Lipinski definition) is 0. The molecule has 5 heteroatoms. The topological polar surface area (TPSA) is 43.9 Å². The fourth-order valence-electron chi connectivity index (χ4n) is 8.58. The molecular formula is C46H29GeN3O. The van der Waals surface area contributed by atoms with Crippen molar-refractivity contribution in [2.45, 2.75) is 0 Å². The van der Waals surface area contributed by atoms with Gasteiger partial charge >= 0.3 is 298 Å². The van der Waals surface area contributed by atoms with E-state index in [1.807, 2.05) is 12.1 Å². The molecule has 0 radical (unpaired) electrons. The van der Waals surface area contributed by atoms with Crippen LogP contribution < -0.4 is 17.6 Å². The third kappa shape index (κ3) is 3.96. The quantitative estimate of drug-likeness (QED) is 0.172. The monoisotopic (exact) mass is 713 g/mol. The van der Waals surface area contributed by atoms with Gasteiger partial charge in [-0.3, -0.25) is 0 Å². The summed E-state index contributed by atoms with van der Waals surface area (Å²) in [4.78, 5) is 11.2. The number of aromatic nitrogens is 3. The van der Waals surface area contributed by atoms with E-state index in [0.29, 0.717) is 0 Å². The molecule has 0 amide bonds. The summed E-state index contributed by atoms with van der Waals surface area (Å²) in [7, 11) is 0. The van der Waals surface area contributed by atoms with Crippen LogP contribution in [0.2, 0.25) is 0 Å². The number of furan rings is 1. The van der Waals surface area contributed by atoms with Gasteiger partial charge in [0.15, 0.2) is 0 Å². The molecule has 238 valence electrons. The van der Waals surface area contributed by atoms with Crippen LogP contribution in [0.1, 0.15) is 0 Å². The van der Waals surface area contributed by atoms with Crippen molar-refractivity contribution in [3.05, 3.63) is 176 Å². The fourth-order valence-corrected chi connectivity index (χ4v) is 19.5. The van der Waals surface area contributed by atoms with Crippen LogP contribution >= 0.6 is 0 Å². The Hall–Kier alpha value is -6.24. The van der Waals surface area contributed by atoms with Crippen LogP contribution in [0.3, 0.4) is 0 Å². The predicted molar refractivity (Wildman–Crippen MR) is 212 cm³/mol. The summed E-state index contributed by atoms with van der Waals surface area (Å²) < 4.78 is 14.2. The molecule has 1 aliphatic rings. The summed E-state index contributed by atoms with van der Waals surface area (Å²) in [6.07, 6.45) is 0. The van der Waals surface area contributed by atoms with E-state index in [0.717, 1.165) is 66.6 Å². The average Bonchev–Trinajstić information content (AvgIpc) is 3.84. The third-order valence-corrected chi connectivity index (χ3v) is 20.9. The van der Waals surface area contributed by atoms with E-state index in [1.165, 1.54) is 23.1 Å². The second-order valence-electron chi connectivity index (χ2n) is 13.3. The Morgan fingerprint density at radius 3 is 1.86 bits per heavy atom. The molecule has 51 heavy (non-hydrogen) atoms. The first-order chi connectivity index (χ1) is 25.3. The van der Waals surface area contributed by atoms with Gasteiger partial charge in [0, 0.05) is 0 Å². The maximum absolute atomic E-state index is 6.44. The normalized spacial score (nSPS) is 13.3. The van der Waals surface area contributed by atoms with Crippen molar-refractivity contribution in [3.8, 4) is 28.5 Å². The minimum atomic E-state index is -3.77. The van der Waals surface area contributed by atoms with Crippen LogP contribution in [0.5, 0.6) is 0 Å². The van der Waals surface area contributed by atoms with Crippen LogP contribution in [0.15, 0.2) is 180 Å². The van der Waals surface area contributed by atoms with Crippen molar-refractivity contribution >= 4 is 74.6 Å². The van der Waals surface area contributed by atoms with Gasteiger partial charge in [0.05, 0.1) is 0 Å². The first-order valence-electron chi connectivity index (χ1n) is 17.3. The Morgan fingerprint density at radius 1 is 0.471 bits per heavy atom. The van der Waals surface area contributed by atoms with E-state index in [2.05, 4.69) is 168 Å². The number of nitrogens with zero attached hydrogens (tertiary/aromatic N) is 3. The van der Waals surface area contributed by atoms with E-state index < -0.39 is 13.3 Å². The van der Waals surface area contributed by atoms with Gasteiger partial charge in [0.2, 0.25) is 0 Å². The number of fused-ring (bicyclic) bond motifs is 9. The molecule has 0 atom stereocenters. The van der Waals surface area contributed by atoms with E-state index in [1.54, 1.807) is 0 Å². The molecule has 11 rings (SSSR count). The van der Waals surface area contributed by atoms with Crippen molar-refractivity contribution in [1.82, 2.24) is 14.5 Å². The van der Waals surface area contributed by atoms with Crippen LogP contribution in [-0.2, 0) is 0 Å². The van der Waals surface area contributed by atoms with Crippen molar-refractivity contribution in [3.63, 3.8) is 0 Å². The van der Waals surface area contributed by atoms with Crippen LogP contribution in [-0.4, -0.2) is 27.8 Å². The van der Waals surface area contributed by atoms with Gasteiger partial charge in [-0.05, 0) is 0 Å². The molecule has 10 aromatic rings. The first-order valence-corrected chi connectivity index (χ1v) is 21.5. The zero-order valence-corrected chi connectivity index (χ0v) is 29.6. The number of rotatable bonds is 4. The Balaban J connectivity index is 1.37. The molecule has 3 aromatic heterocycles. The summed E-state index contributed by atoms with van der Waals surface area (Å²) >= 11 is -3.77. The molecule has 1 aliphatic heterocycles. The Morgan fingerprint density at radius 2 is 1.10 bits per heavy atom. The molecule has 0 aliphatic carbocycles. The minimum absolute atomic E-state index is 0.722. The standard InChI is InChI=1S/C46H29GeN3O/c1-4-16-30(17-5-1)45-48-44-35-24-10-13-25-38(35)47(31-18-6-2-7-19-31,32-20-8-3-9-21-32)43(44)46(49-45)50-39-26-14-11-22-33(39)36-29-42-37(28-40(36)50)34-23-12-15-27-41(34)51-42/h1-29H. The van der Waals surface area contributed by atoms with Gasteiger partial charge in [-0.1, -0.05) is 0 Å². The zero-order valence-electron chi connectivity index (χ0n) is 27.5. The van der Waals surface area contributed by atoms with Crippen molar-refractivity contribution in [2.24, 2.45) is 0 Å². The molecule has 7 aromatic carbocycles. The average molecular weight is 712 g/mol. The molecule has 0 saturated carbocycles. The molecule has 0 saturated heterocycles. The molecule has 0 bridgehead atoms. The molecule has 0 N–H and O–H groups in total. The number of hydrogen-bond acceptors (Lipinski definition) is 3. The molecular weight excluding hydrogens is 683 g/mol. The van der Waals surface area contributed by atoms with Crippen LogP contribution in [0, 0.1) is 0 Å². The molecule has 0 spiro atoms. The van der Waals surface area contributed by atoms with Crippen molar-refractivity contribution in [1.29, 1.82) is 0 Å². The first kappa shape index (κ1) is 28.6. The second-order valence-corrected chi connectivity index (χ2v) is 21.1. The van der Waals surface area contributed by atoms with E-state index in [-0.39, 0.29) is 0 Å². The van der Waals surface area contributed by atoms with Gasteiger partial charge in [-0.15, -0.1) is 0 Å². The SMILES string of the molecule is c1ccc(-c2nc3[c](c(-n4c5ccccc5c5cc6oc7ccccc7c6cc54)n2)[Ge]([c]2ccccc2)([c]2ccccc2)[c]2ccccc2-3)cc1. The predicted octanol–water partition coefficient (Wildman–Crippen LogP) is 8.50. The van der Waals surface area contributed by atoms with E-state index in [9.17, 15) is 0 Å².